The zero-order chi connectivity index (χ0) is 24.8. The number of hydrogen-bond donors (Lipinski definition) is 1. The van der Waals surface area contributed by atoms with E-state index >= 15 is 0 Å². The third-order valence-electron chi connectivity index (χ3n) is 5.53. The predicted molar refractivity (Wildman–Crippen MR) is 134 cm³/mol. The summed E-state index contributed by atoms with van der Waals surface area (Å²) in [5.74, 6) is 2.93. The predicted octanol–water partition coefficient (Wildman–Crippen LogP) is 3.23. The lowest BCUT2D eigenvalue weighted by Crippen LogP contribution is -2.49. The van der Waals surface area contributed by atoms with Gasteiger partial charge in [0.15, 0.2) is 0 Å². The van der Waals surface area contributed by atoms with E-state index in [0.717, 1.165) is 11.4 Å². The Morgan fingerprint density at radius 2 is 1.66 bits per heavy atom. The number of hydrogen-bond acceptors (Lipinski definition) is 9. The van der Waals surface area contributed by atoms with Gasteiger partial charge in [0.25, 0.3) is 0 Å². The summed E-state index contributed by atoms with van der Waals surface area (Å²) in [6, 6.07) is 10.5. The number of sulfonamides is 1. The summed E-state index contributed by atoms with van der Waals surface area (Å²) >= 11 is 0. The number of pyridine rings is 1. The third kappa shape index (κ3) is 5.80. The van der Waals surface area contributed by atoms with Crippen molar-refractivity contribution in [2.24, 2.45) is 0 Å². The molecule has 3 aromatic rings. The molecule has 1 fully saturated rings. The summed E-state index contributed by atoms with van der Waals surface area (Å²) in [5.41, 5.74) is 1.09. The van der Waals surface area contributed by atoms with Crippen LogP contribution in [0.25, 0.3) is 0 Å². The highest BCUT2D eigenvalue weighted by Gasteiger charge is 2.31. The second-order valence-corrected chi connectivity index (χ2v) is 9.88. The summed E-state index contributed by atoms with van der Waals surface area (Å²) in [4.78, 5) is 15.2. The molecule has 0 amide bonds. The lowest BCUT2D eigenvalue weighted by molar-refractivity contribution is 0.314. The van der Waals surface area contributed by atoms with E-state index in [9.17, 15) is 8.42 Å². The first-order valence-electron chi connectivity index (χ1n) is 11.6. The minimum Gasteiger partial charge on any atom is -0.494 e. The van der Waals surface area contributed by atoms with E-state index < -0.39 is 10.0 Å². The van der Waals surface area contributed by atoms with Crippen LogP contribution in [0.15, 0.2) is 53.8 Å². The Hall–Kier alpha value is -3.44. The Morgan fingerprint density at radius 3 is 2.37 bits per heavy atom. The van der Waals surface area contributed by atoms with Gasteiger partial charge in [-0.1, -0.05) is 0 Å². The Balaban J connectivity index is 1.46. The molecule has 0 atom stereocenters. The van der Waals surface area contributed by atoms with E-state index in [4.69, 9.17) is 9.47 Å². The van der Waals surface area contributed by atoms with Crippen molar-refractivity contribution in [3.63, 3.8) is 0 Å². The van der Waals surface area contributed by atoms with Gasteiger partial charge in [-0.15, -0.1) is 0 Å². The van der Waals surface area contributed by atoms with Gasteiger partial charge < -0.3 is 19.7 Å². The van der Waals surface area contributed by atoms with Gasteiger partial charge >= 0.3 is 0 Å². The molecule has 1 aliphatic rings. The van der Waals surface area contributed by atoms with Crippen molar-refractivity contribution in [1.82, 2.24) is 19.3 Å². The van der Waals surface area contributed by atoms with Crippen LogP contribution in [0.1, 0.15) is 19.4 Å². The molecule has 1 N–H and O–H groups in total. The summed E-state index contributed by atoms with van der Waals surface area (Å²) < 4.78 is 39.5. The molecule has 0 unspecified atom stereocenters. The second kappa shape index (κ2) is 10.9. The average Bonchev–Trinajstić information content (AvgIpc) is 2.85. The summed E-state index contributed by atoms with van der Waals surface area (Å²) in [6.07, 6.45) is 3.23. The van der Waals surface area contributed by atoms with Crippen LogP contribution in [-0.4, -0.2) is 67.1 Å². The molecular weight excluding hydrogens is 468 g/mol. The molecule has 10 nitrogen and oxygen atoms in total. The number of aryl methyl sites for hydroxylation is 1. The first kappa shape index (κ1) is 24.7. The van der Waals surface area contributed by atoms with E-state index in [0.29, 0.717) is 62.5 Å². The molecule has 1 aliphatic heterocycles. The molecule has 1 aromatic carbocycles. The van der Waals surface area contributed by atoms with Crippen LogP contribution in [-0.2, 0) is 10.0 Å². The van der Waals surface area contributed by atoms with Crippen LogP contribution in [0.4, 0.5) is 17.5 Å². The van der Waals surface area contributed by atoms with E-state index in [2.05, 4.69) is 20.3 Å². The molecule has 0 saturated carbocycles. The Labute approximate surface area is 206 Å². The molecule has 0 bridgehead atoms. The van der Waals surface area contributed by atoms with Gasteiger partial charge in [-0.25, -0.2) is 23.4 Å². The molecule has 186 valence electrons. The monoisotopic (exact) mass is 498 g/mol. The first-order valence-corrected chi connectivity index (χ1v) is 13.0. The molecule has 0 radical (unpaired) electrons. The second-order valence-electron chi connectivity index (χ2n) is 7.97. The standard InChI is InChI=1S/C24H30N6O4S/c1-4-33-19-6-7-21(20(15-19)34-5-2)35(31,32)30-12-10-29(11-13-30)24-16-23(26-17-27-24)28-22-14-18(3)8-9-25-22/h6-9,14-17H,4-5,10-13H2,1-3H3,(H,25,26,27,28). The van der Waals surface area contributed by atoms with Gasteiger partial charge in [-0.05, 0) is 50.6 Å². The molecule has 3 heterocycles. The highest BCUT2D eigenvalue weighted by molar-refractivity contribution is 7.89. The van der Waals surface area contributed by atoms with Crippen molar-refractivity contribution in [2.45, 2.75) is 25.7 Å². The number of rotatable bonds is 9. The van der Waals surface area contributed by atoms with Crippen LogP contribution in [0.2, 0.25) is 0 Å². The van der Waals surface area contributed by atoms with E-state index in [1.807, 2.05) is 43.9 Å². The van der Waals surface area contributed by atoms with Gasteiger partial charge in [-0.2, -0.15) is 4.31 Å². The fourth-order valence-corrected chi connectivity index (χ4v) is 5.38. The first-order chi connectivity index (χ1) is 16.9. The van der Waals surface area contributed by atoms with Gasteiger partial charge in [0.05, 0.1) is 13.2 Å². The van der Waals surface area contributed by atoms with Gasteiger partial charge in [0, 0.05) is 44.5 Å². The van der Waals surface area contributed by atoms with Crippen LogP contribution in [0.5, 0.6) is 11.5 Å². The Bertz CT molecular complexity index is 1260. The van der Waals surface area contributed by atoms with Crippen molar-refractivity contribution < 1.29 is 17.9 Å². The van der Waals surface area contributed by atoms with Crippen molar-refractivity contribution in [2.75, 3.05) is 49.6 Å². The maximum atomic E-state index is 13.4. The summed E-state index contributed by atoms with van der Waals surface area (Å²) in [6.45, 7) is 8.19. The van der Waals surface area contributed by atoms with Crippen LogP contribution < -0.4 is 19.7 Å². The lowest BCUT2D eigenvalue weighted by Gasteiger charge is -2.34. The third-order valence-corrected chi connectivity index (χ3v) is 7.47. The molecule has 0 spiro atoms. The van der Waals surface area contributed by atoms with Crippen LogP contribution in [0.3, 0.4) is 0 Å². The van der Waals surface area contributed by atoms with E-state index in [1.165, 1.54) is 10.6 Å². The fraction of sp³-hybridized carbons (Fsp3) is 0.375. The molecule has 0 aliphatic carbocycles. The summed E-state index contributed by atoms with van der Waals surface area (Å²) in [5, 5.41) is 3.19. The quantitative estimate of drug-likeness (QED) is 0.475. The van der Waals surface area contributed by atoms with Crippen molar-refractivity contribution in [3.05, 3.63) is 54.5 Å². The molecule has 4 rings (SSSR count). The molecular formula is C24H30N6O4S. The van der Waals surface area contributed by atoms with Crippen LogP contribution >= 0.6 is 0 Å². The number of nitrogens with one attached hydrogen (secondary N) is 1. The molecule has 1 saturated heterocycles. The fourth-order valence-electron chi connectivity index (χ4n) is 3.85. The molecule has 11 heteroatoms. The van der Waals surface area contributed by atoms with Gasteiger partial charge in [-0.3, -0.25) is 0 Å². The zero-order valence-corrected chi connectivity index (χ0v) is 21.0. The van der Waals surface area contributed by atoms with Crippen molar-refractivity contribution in [1.29, 1.82) is 0 Å². The minimum absolute atomic E-state index is 0.149. The normalized spacial score (nSPS) is 14.5. The number of ether oxygens (including phenoxy) is 2. The highest BCUT2D eigenvalue weighted by Crippen LogP contribution is 2.32. The maximum Gasteiger partial charge on any atom is 0.246 e. The number of anilines is 3. The van der Waals surface area contributed by atoms with Gasteiger partial charge in [0.2, 0.25) is 10.0 Å². The number of benzene rings is 1. The summed E-state index contributed by atoms with van der Waals surface area (Å²) in [7, 11) is -3.73. The van der Waals surface area contributed by atoms with Crippen molar-refractivity contribution in [3.8, 4) is 11.5 Å². The molecule has 2 aromatic heterocycles. The highest BCUT2D eigenvalue weighted by atomic mass is 32.2. The zero-order valence-electron chi connectivity index (χ0n) is 20.1. The Morgan fingerprint density at radius 1 is 0.914 bits per heavy atom. The minimum atomic E-state index is -3.73. The maximum absolute atomic E-state index is 13.4. The topological polar surface area (TPSA) is 110 Å². The largest absolute Gasteiger partial charge is 0.494 e. The van der Waals surface area contributed by atoms with E-state index in [1.54, 1.807) is 24.4 Å². The number of aromatic nitrogens is 3. The average molecular weight is 499 g/mol. The number of nitrogens with zero attached hydrogens (tertiary/aromatic N) is 5. The van der Waals surface area contributed by atoms with Crippen LogP contribution in [0, 0.1) is 6.92 Å². The Kier molecular flexibility index (Phi) is 7.67. The number of piperazine rings is 1. The lowest BCUT2D eigenvalue weighted by atomic mass is 10.3. The SMILES string of the molecule is CCOc1ccc(S(=O)(=O)N2CCN(c3cc(Nc4cc(C)ccn4)ncn3)CC2)c(OCC)c1. The molecule has 35 heavy (non-hydrogen) atoms. The van der Waals surface area contributed by atoms with E-state index in [-0.39, 0.29) is 4.90 Å². The smallest absolute Gasteiger partial charge is 0.246 e. The van der Waals surface area contributed by atoms with Crippen molar-refractivity contribution >= 4 is 27.5 Å². The van der Waals surface area contributed by atoms with Gasteiger partial charge in [0.1, 0.15) is 40.2 Å².